The lowest BCUT2D eigenvalue weighted by molar-refractivity contribution is -0.143. The molecule has 2 amide bonds. The molecule has 25 heavy (non-hydrogen) atoms. The molecule has 136 valence electrons. The minimum absolute atomic E-state index is 0.0640. The summed E-state index contributed by atoms with van der Waals surface area (Å²) in [6.45, 7) is 4.16. The molecule has 8 heteroatoms. The topological polar surface area (TPSA) is 91.4 Å². The second-order valence-corrected chi connectivity index (χ2v) is 7.21. The number of hydrogen-bond acceptors (Lipinski definition) is 5. The van der Waals surface area contributed by atoms with E-state index >= 15 is 0 Å². The highest BCUT2D eigenvalue weighted by molar-refractivity contribution is 5.89. The molecule has 2 saturated heterocycles. The van der Waals surface area contributed by atoms with Crippen LogP contribution in [0.25, 0.3) is 0 Å². The number of rotatable bonds is 5. The van der Waals surface area contributed by atoms with Crippen molar-refractivity contribution in [1.29, 1.82) is 0 Å². The molecule has 0 radical (unpaired) electrons. The van der Waals surface area contributed by atoms with Crippen LogP contribution in [-0.2, 0) is 20.7 Å². The molecule has 8 nitrogen and oxygen atoms in total. The molecule has 1 N–H and O–H groups in total. The third-order valence-corrected chi connectivity index (χ3v) is 5.20. The number of aryl methyl sites for hydroxylation is 1. The molecular weight excluding hydrogens is 322 g/mol. The second kappa shape index (κ2) is 6.74. The van der Waals surface area contributed by atoms with Crippen LogP contribution in [0, 0.1) is 5.92 Å². The smallest absolute Gasteiger partial charge is 0.228 e. The van der Waals surface area contributed by atoms with Crippen molar-refractivity contribution in [2.24, 2.45) is 5.92 Å². The molecule has 0 unspecified atom stereocenters. The normalized spacial score (nSPS) is 27.2. The van der Waals surface area contributed by atoms with Gasteiger partial charge in [0, 0.05) is 32.0 Å². The van der Waals surface area contributed by atoms with Gasteiger partial charge in [-0.2, -0.15) is 5.10 Å². The SMILES string of the molecule is CCCc1nc([C@@H]2CN(C(=O)[C@@H]3CC(=O)N(C4CC4)C3)CCO2)n[nH]1. The summed E-state index contributed by atoms with van der Waals surface area (Å²) >= 11 is 0. The summed E-state index contributed by atoms with van der Waals surface area (Å²) in [5.74, 6) is 1.45. The Balaban J connectivity index is 1.38. The number of carbonyl (C=O) groups is 2. The Labute approximate surface area is 146 Å². The van der Waals surface area contributed by atoms with Gasteiger partial charge in [0.15, 0.2) is 5.82 Å². The van der Waals surface area contributed by atoms with Crippen molar-refractivity contribution in [2.75, 3.05) is 26.2 Å². The van der Waals surface area contributed by atoms with Gasteiger partial charge in [-0.25, -0.2) is 4.98 Å². The highest BCUT2D eigenvalue weighted by Gasteiger charge is 2.43. The number of carbonyl (C=O) groups excluding carboxylic acids is 2. The Hall–Kier alpha value is -1.96. The van der Waals surface area contributed by atoms with Crippen LogP contribution in [0.5, 0.6) is 0 Å². The van der Waals surface area contributed by atoms with E-state index in [1.54, 1.807) is 0 Å². The summed E-state index contributed by atoms with van der Waals surface area (Å²) in [5, 5.41) is 7.18. The van der Waals surface area contributed by atoms with Crippen molar-refractivity contribution in [3.8, 4) is 0 Å². The van der Waals surface area contributed by atoms with Crippen LogP contribution in [0.1, 0.15) is 50.4 Å². The number of nitrogens with one attached hydrogen (secondary N) is 1. The maximum atomic E-state index is 12.9. The van der Waals surface area contributed by atoms with Crippen molar-refractivity contribution in [3.63, 3.8) is 0 Å². The van der Waals surface area contributed by atoms with Crippen molar-refractivity contribution in [2.45, 2.75) is 51.2 Å². The number of hydrogen-bond donors (Lipinski definition) is 1. The van der Waals surface area contributed by atoms with Gasteiger partial charge in [-0.15, -0.1) is 0 Å². The van der Waals surface area contributed by atoms with E-state index in [1.165, 1.54) is 0 Å². The number of amides is 2. The average Bonchev–Trinajstić information content (AvgIpc) is 3.23. The van der Waals surface area contributed by atoms with Gasteiger partial charge in [-0.3, -0.25) is 14.7 Å². The predicted octanol–water partition coefficient (Wildman–Crippen LogP) is 0.668. The Morgan fingerprint density at radius 2 is 2.20 bits per heavy atom. The van der Waals surface area contributed by atoms with Gasteiger partial charge < -0.3 is 14.5 Å². The van der Waals surface area contributed by atoms with E-state index < -0.39 is 0 Å². The zero-order valence-electron chi connectivity index (χ0n) is 14.6. The maximum Gasteiger partial charge on any atom is 0.228 e. The number of aromatic nitrogens is 3. The van der Waals surface area contributed by atoms with Gasteiger partial charge in [-0.05, 0) is 19.3 Å². The lowest BCUT2D eigenvalue weighted by Crippen LogP contribution is -2.45. The third kappa shape index (κ3) is 3.40. The standard InChI is InChI=1S/C17H25N5O3/c1-2-3-14-18-16(20-19-14)13-10-21(6-7-25-13)17(24)11-8-15(23)22(9-11)12-4-5-12/h11-13H,2-10H2,1H3,(H,18,19,20)/t11-,13+/m1/s1. The zero-order chi connectivity index (χ0) is 17.4. The van der Waals surface area contributed by atoms with Crippen molar-refractivity contribution >= 4 is 11.8 Å². The Morgan fingerprint density at radius 3 is 2.96 bits per heavy atom. The van der Waals surface area contributed by atoms with E-state index in [0.29, 0.717) is 44.5 Å². The van der Waals surface area contributed by atoms with Crippen LogP contribution in [-0.4, -0.2) is 69.1 Å². The lowest BCUT2D eigenvalue weighted by Gasteiger charge is -2.33. The fourth-order valence-electron chi connectivity index (χ4n) is 3.70. The molecule has 1 aromatic heterocycles. The Morgan fingerprint density at radius 1 is 1.36 bits per heavy atom. The highest BCUT2D eigenvalue weighted by atomic mass is 16.5. The molecule has 2 aliphatic heterocycles. The first-order valence-electron chi connectivity index (χ1n) is 9.26. The molecule has 0 aromatic carbocycles. The van der Waals surface area contributed by atoms with E-state index in [4.69, 9.17) is 4.74 Å². The molecule has 3 heterocycles. The summed E-state index contributed by atoms with van der Waals surface area (Å²) in [6, 6.07) is 0.382. The van der Waals surface area contributed by atoms with Gasteiger partial charge in [0.1, 0.15) is 11.9 Å². The second-order valence-electron chi connectivity index (χ2n) is 7.21. The number of nitrogens with zero attached hydrogens (tertiary/aromatic N) is 4. The number of morpholine rings is 1. The Kier molecular flexibility index (Phi) is 4.45. The first kappa shape index (κ1) is 16.5. The summed E-state index contributed by atoms with van der Waals surface area (Å²) in [4.78, 5) is 33.2. The van der Waals surface area contributed by atoms with Gasteiger partial charge >= 0.3 is 0 Å². The van der Waals surface area contributed by atoms with Crippen molar-refractivity contribution in [3.05, 3.63) is 11.6 Å². The number of ether oxygens (including phenoxy) is 1. The summed E-state index contributed by atoms with van der Waals surface area (Å²) in [7, 11) is 0. The molecule has 1 saturated carbocycles. The largest absolute Gasteiger partial charge is 0.366 e. The Bertz CT molecular complexity index is 656. The van der Waals surface area contributed by atoms with Crippen molar-refractivity contribution < 1.29 is 14.3 Å². The molecule has 4 rings (SSSR count). The molecule has 1 aromatic rings. The van der Waals surface area contributed by atoms with Crippen molar-refractivity contribution in [1.82, 2.24) is 25.0 Å². The van der Waals surface area contributed by atoms with Gasteiger partial charge in [0.05, 0.1) is 19.1 Å². The van der Waals surface area contributed by atoms with E-state index in [9.17, 15) is 9.59 Å². The van der Waals surface area contributed by atoms with E-state index in [0.717, 1.165) is 31.5 Å². The van der Waals surface area contributed by atoms with Gasteiger partial charge in [0.2, 0.25) is 11.8 Å². The van der Waals surface area contributed by atoms with E-state index in [-0.39, 0.29) is 23.8 Å². The van der Waals surface area contributed by atoms with Crippen LogP contribution in [0.2, 0.25) is 0 Å². The van der Waals surface area contributed by atoms with Crippen LogP contribution in [0.15, 0.2) is 0 Å². The first-order chi connectivity index (χ1) is 12.2. The molecule has 0 spiro atoms. The van der Waals surface area contributed by atoms with Crippen LogP contribution in [0.3, 0.4) is 0 Å². The monoisotopic (exact) mass is 347 g/mol. The fourth-order valence-corrected chi connectivity index (χ4v) is 3.70. The molecule has 0 bridgehead atoms. The third-order valence-electron chi connectivity index (χ3n) is 5.20. The van der Waals surface area contributed by atoms with Crippen LogP contribution >= 0.6 is 0 Å². The quantitative estimate of drug-likeness (QED) is 0.845. The van der Waals surface area contributed by atoms with Crippen LogP contribution in [0.4, 0.5) is 0 Å². The molecule has 3 aliphatic rings. The van der Waals surface area contributed by atoms with Crippen LogP contribution < -0.4 is 0 Å². The highest BCUT2D eigenvalue weighted by Crippen LogP contribution is 2.33. The van der Waals surface area contributed by atoms with Gasteiger partial charge in [-0.1, -0.05) is 6.92 Å². The molecule has 1 aliphatic carbocycles. The van der Waals surface area contributed by atoms with E-state index in [2.05, 4.69) is 22.1 Å². The number of aromatic amines is 1. The lowest BCUT2D eigenvalue weighted by atomic mass is 10.1. The number of likely N-dealkylation sites (tertiary alicyclic amines) is 1. The summed E-state index contributed by atoms with van der Waals surface area (Å²) < 4.78 is 5.77. The minimum atomic E-state index is -0.295. The van der Waals surface area contributed by atoms with Gasteiger partial charge in [0.25, 0.3) is 0 Å². The molecular formula is C17H25N5O3. The first-order valence-corrected chi connectivity index (χ1v) is 9.26. The summed E-state index contributed by atoms with van der Waals surface area (Å²) in [6.07, 6.45) is 4.06. The fraction of sp³-hybridized carbons (Fsp3) is 0.765. The zero-order valence-corrected chi connectivity index (χ0v) is 14.6. The number of H-pyrrole nitrogens is 1. The minimum Gasteiger partial charge on any atom is -0.366 e. The average molecular weight is 347 g/mol. The molecule has 3 fully saturated rings. The summed E-state index contributed by atoms with van der Waals surface area (Å²) in [5.41, 5.74) is 0. The molecule has 2 atom stereocenters. The predicted molar refractivity (Wildman–Crippen MR) is 88.5 cm³/mol. The maximum absolute atomic E-state index is 12.9. The van der Waals surface area contributed by atoms with E-state index in [1.807, 2.05) is 9.80 Å².